The third-order valence-corrected chi connectivity index (χ3v) is 4.44. The van der Waals surface area contributed by atoms with Crippen molar-refractivity contribution < 1.29 is 0 Å². The highest BCUT2D eigenvalue weighted by Gasteiger charge is 2.12. The van der Waals surface area contributed by atoms with Crippen LogP contribution in [-0.2, 0) is 6.42 Å². The summed E-state index contributed by atoms with van der Waals surface area (Å²) in [5.74, 6) is 4.46. The number of nitrogens with one attached hydrogen (secondary N) is 1. The predicted molar refractivity (Wildman–Crippen MR) is 92.9 cm³/mol. The zero-order valence-electron chi connectivity index (χ0n) is 13.1. The first-order valence-corrected chi connectivity index (χ1v) is 8.51. The normalized spacial score (nSPS) is 12.0. The second-order valence-corrected chi connectivity index (χ2v) is 5.92. The van der Waals surface area contributed by atoms with Gasteiger partial charge >= 0.3 is 0 Å². The maximum absolute atomic E-state index is 4.67. The molecule has 0 aromatic carbocycles. The number of pyridine rings is 1. The summed E-state index contributed by atoms with van der Waals surface area (Å²) < 4.78 is 0. The van der Waals surface area contributed by atoms with Gasteiger partial charge in [0.25, 0.3) is 0 Å². The van der Waals surface area contributed by atoms with Gasteiger partial charge in [-0.1, -0.05) is 27.3 Å². The van der Waals surface area contributed by atoms with Crippen molar-refractivity contribution in [3.8, 4) is 0 Å². The molecule has 2 rings (SSSR count). The van der Waals surface area contributed by atoms with E-state index in [2.05, 4.69) is 54.0 Å². The van der Waals surface area contributed by atoms with E-state index < -0.39 is 0 Å². The second-order valence-electron chi connectivity index (χ2n) is 5.07. The fraction of sp³-hybridized carbons (Fsp3) is 0.333. The van der Waals surface area contributed by atoms with Gasteiger partial charge in [0.2, 0.25) is 0 Å². The van der Waals surface area contributed by atoms with E-state index in [1.807, 2.05) is 19.3 Å². The van der Waals surface area contributed by atoms with E-state index >= 15 is 0 Å². The Labute approximate surface area is 129 Å². The van der Waals surface area contributed by atoms with Crippen LogP contribution in [0, 0.1) is 6.92 Å². The molecule has 1 N–H and O–H groups in total. The van der Waals surface area contributed by atoms with Crippen LogP contribution < -0.4 is 5.32 Å². The highest BCUT2D eigenvalue weighted by Crippen LogP contribution is 2.29. The zero-order chi connectivity index (χ0) is 15.1. The molecule has 0 atom stereocenters. The van der Waals surface area contributed by atoms with Gasteiger partial charge in [0.15, 0.2) is 0 Å². The highest BCUT2D eigenvalue weighted by atomic mass is 31.0. The van der Waals surface area contributed by atoms with Gasteiger partial charge in [-0.25, -0.2) is 0 Å². The van der Waals surface area contributed by atoms with E-state index in [-0.39, 0.29) is 0 Å². The lowest BCUT2D eigenvalue weighted by Gasteiger charge is -2.14. The second kappa shape index (κ2) is 8.07. The lowest BCUT2D eigenvalue weighted by Crippen LogP contribution is -2.07. The summed E-state index contributed by atoms with van der Waals surface area (Å²) in [4.78, 5) is 4.67. The largest absolute Gasteiger partial charge is 0.319 e. The molecule has 0 bridgehead atoms. The van der Waals surface area contributed by atoms with Crippen LogP contribution in [0.25, 0.3) is 5.57 Å². The first-order valence-electron chi connectivity index (χ1n) is 7.48. The van der Waals surface area contributed by atoms with Crippen molar-refractivity contribution in [3.63, 3.8) is 0 Å². The number of aryl methyl sites for hydroxylation is 2. The third kappa shape index (κ3) is 4.00. The van der Waals surface area contributed by atoms with Crippen molar-refractivity contribution in [1.29, 1.82) is 0 Å². The van der Waals surface area contributed by atoms with E-state index in [0.29, 0.717) is 0 Å². The Balaban J connectivity index is 2.51. The molecule has 0 aliphatic heterocycles. The Hall–Kier alpha value is -1.50. The topological polar surface area (TPSA) is 24.9 Å². The standard InChI is InChI=1S/C18H23N2P/c1-4-15-7-5-11-20-18(15)17(8-6-10-19-3)16-9-12-21-13-14(16)2/h5,7-9,11-13,19H,4,6,10H2,1-3H3/b17-8+. The predicted octanol–water partition coefficient (Wildman–Crippen LogP) is 4.57. The highest BCUT2D eigenvalue weighted by molar-refractivity contribution is 7.28. The number of hydrogen-bond donors (Lipinski definition) is 1. The average Bonchev–Trinajstić information content (AvgIpc) is 2.53. The maximum atomic E-state index is 4.67. The lowest BCUT2D eigenvalue weighted by molar-refractivity contribution is 0.808. The smallest absolute Gasteiger partial charge is 0.0736 e. The molecule has 2 nitrogen and oxygen atoms in total. The first-order chi connectivity index (χ1) is 10.3. The number of hydrogen-bond acceptors (Lipinski definition) is 2. The summed E-state index contributed by atoms with van der Waals surface area (Å²) in [5, 5.41) is 3.21. The Morgan fingerprint density at radius 2 is 2.24 bits per heavy atom. The molecule has 0 radical (unpaired) electrons. The molecule has 0 saturated heterocycles. The van der Waals surface area contributed by atoms with Crippen LogP contribution in [0.15, 0.2) is 42.1 Å². The number of aromatic nitrogens is 1. The minimum atomic E-state index is 0.982. The van der Waals surface area contributed by atoms with Crippen molar-refractivity contribution >= 4 is 13.8 Å². The molecule has 21 heavy (non-hydrogen) atoms. The number of nitrogens with zero attached hydrogens (tertiary/aromatic N) is 1. The van der Waals surface area contributed by atoms with Crippen LogP contribution in [0.1, 0.15) is 35.7 Å². The van der Waals surface area contributed by atoms with Crippen molar-refractivity contribution in [3.05, 3.63) is 64.5 Å². The van der Waals surface area contributed by atoms with Gasteiger partial charge in [0.1, 0.15) is 0 Å². The fourth-order valence-electron chi connectivity index (χ4n) is 2.44. The van der Waals surface area contributed by atoms with Gasteiger partial charge in [-0.3, -0.25) is 4.98 Å². The van der Waals surface area contributed by atoms with E-state index in [0.717, 1.165) is 25.1 Å². The molecule has 2 aromatic rings. The van der Waals surface area contributed by atoms with Crippen LogP contribution in [0.2, 0.25) is 0 Å². The van der Waals surface area contributed by atoms with Gasteiger partial charge in [-0.05, 0) is 73.8 Å². The van der Waals surface area contributed by atoms with Crippen LogP contribution in [0.4, 0.5) is 0 Å². The third-order valence-electron chi connectivity index (χ3n) is 3.58. The van der Waals surface area contributed by atoms with E-state index in [1.54, 1.807) is 0 Å². The SMILES string of the molecule is CCc1cccnc1/C(=C/CCNC)c1ccpcc1C. The fourth-order valence-corrected chi connectivity index (χ4v) is 3.12. The summed E-state index contributed by atoms with van der Waals surface area (Å²) in [6.07, 6.45) is 6.22. The van der Waals surface area contributed by atoms with E-state index in [9.17, 15) is 0 Å². The molecule has 2 heterocycles. The van der Waals surface area contributed by atoms with Crippen molar-refractivity contribution in [2.75, 3.05) is 13.6 Å². The van der Waals surface area contributed by atoms with Gasteiger partial charge < -0.3 is 5.32 Å². The average molecular weight is 298 g/mol. The van der Waals surface area contributed by atoms with Gasteiger partial charge in [-0.2, -0.15) is 0 Å². The molecular formula is C18H23N2P. The van der Waals surface area contributed by atoms with E-state index in [4.69, 9.17) is 0 Å². The van der Waals surface area contributed by atoms with Crippen LogP contribution in [0.5, 0.6) is 0 Å². The monoisotopic (exact) mass is 298 g/mol. The molecule has 0 aliphatic rings. The van der Waals surface area contributed by atoms with Crippen LogP contribution >= 0.6 is 8.19 Å². The van der Waals surface area contributed by atoms with Gasteiger partial charge in [0.05, 0.1) is 5.69 Å². The molecule has 0 spiro atoms. The molecule has 110 valence electrons. The minimum absolute atomic E-state index is 0.982. The lowest BCUT2D eigenvalue weighted by atomic mass is 9.95. The summed E-state index contributed by atoms with van der Waals surface area (Å²) in [7, 11) is 3.25. The van der Waals surface area contributed by atoms with Crippen LogP contribution in [-0.4, -0.2) is 18.6 Å². The van der Waals surface area contributed by atoms with Crippen LogP contribution in [0.3, 0.4) is 0 Å². The van der Waals surface area contributed by atoms with Crippen molar-refractivity contribution in [2.45, 2.75) is 26.7 Å². The molecular weight excluding hydrogens is 275 g/mol. The first kappa shape index (κ1) is 15.9. The summed E-state index contributed by atoms with van der Waals surface area (Å²) in [6.45, 7) is 5.36. The Bertz CT molecular complexity index is 620. The molecule has 0 aliphatic carbocycles. The number of rotatable bonds is 6. The molecule has 0 saturated carbocycles. The quantitative estimate of drug-likeness (QED) is 0.790. The van der Waals surface area contributed by atoms with Gasteiger partial charge in [0, 0.05) is 11.8 Å². The van der Waals surface area contributed by atoms with Crippen molar-refractivity contribution in [2.24, 2.45) is 0 Å². The molecule has 0 unspecified atom stereocenters. The van der Waals surface area contributed by atoms with E-state index in [1.165, 1.54) is 30.5 Å². The van der Waals surface area contributed by atoms with Gasteiger partial charge in [-0.15, -0.1) is 0 Å². The molecule has 2 aromatic heterocycles. The Kier molecular flexibility index (Phi) is 6.10. The summed E-state index contributed by atoms with van der Waals surface area (Å²) >= 11 is 0. The molecule has 0 fully saturated rings. The maximum Gasteiger partial charge on any atom is 0.0736 e. The summed E-state index contributed by atoms with van der Waals surface area (Å²) in [5.41, 5.74) is 6.34. The summed E-state index contributed by atoms with van der Waals surface area (Å²) in [6, 6.07) is 6.44. The zero-order valence-corrected chi connectivity index (χ0v) is 14.0. The molecule has 0 amide bonds. The molecule has 3 heteroatoms. The van der Waals surface area contributed by atoms with Crippen molar-refractivity contribution in [1.82, 2.24) is 10.3 Å². The Morgan fingerprint density at radius 3 is 2.95 bits per heavy atom. The Morgan fingerprint density at radius 1 is 1.38 bits per heavy atom. The minimum Gasteiger partial charge on any atom is -0.319 e.